The van der Waals surface area contributed by atoms with Crippen molar-refractivity contribution in [2.75, 3.05) is 0 Å². The van der Waals surface area contributed by atoms with Crippen LogP contribution in [0.15, 0.2) is 71.2 Å². The molecule has 5 nitrogen and oxygen atoms in total. The van der Waals surface area contributed by atoms with Crippen LogP contribution in [0.4, 0.5) is 11.9 Å². The second kappa shape index (κ2) is 10.0. The standard InChI is InChI=1S/C21H19N5.2CH4/c1-14(2)16-10-12-17(13-11-16)15(3)23-21-25-19(24-20(22-4)26-21)18-8-6-5-7-9-18;;/h5-13H,1,4H2,2-3H3;2*1H4. The van der Waals surface area contributed by atoms with Crippen molar-refractivity contribution in [2.24, 2.45) is 9.98 Å². The summed E-state index contributed by atoms with van der Waals surface area (Å²) in [6.45, 7) is 11.4. The third kappa shape index (κ3) is 5.27. The zero-order chi connectivity index (χ0) is 18.5. The highest BCUT2D eigenvalue weighted by Crippen LogP contribution is 2.21. The van der Waals surface area contributed by atoms with Crippen molar-refractivity contribution in [1.82, 2.24) is 15.0 Å². The average Bonchev–Trinajstić information content (AvgIpc) is 2.68. The molecular formula is C23H27N5. The van der Waals surface area contributed by atoms with E-state index < -0.39 is 0 Å². The molecule has 0 aliphatic carbocycles. The molecule has 1 aromatic heterocycles. The van der Waals surface area contributed by atoms with E-state index in [0.717, 1.165) is 28.0 Å². The van der Waals surface area contributed by atoms with Crippen LogP contribution in [0.1, 0.15) is 39.8 Å². The Hall–Kier alpha value is -3.47. The number of allylic oxidation sites excluding steroid dienone is 1. The Morgan fingerprint density at radius 3 is 1.93 bits per heavy atom. The molecule has 0 radical (unpaired) electrons. The van der Waals surface area contributed by atoms with Crippen LogP contribution in [0.2, 0.25) is 0 Å². The van der Waals surface area contributed by atoms with Crippen molar-refractivity contribution in [3.63, 3.8) is 0 Å². The van der Waals surface area contributed by atoms with Crippen LogP contribution in [0.5, 0.6) is 0 Å². The fourth-order valence-corrected chi connectivity index (χ4v) is 2.40. The predicted octanol–water partition coefficient (Wildman–Crippen LogP) is 6.32. The van der Waals surface area contributed by atoms with Crippen molar-refractivity contribution >= 4 is 29.9 Å². The third-order valence-electron chi connectivity index (χ3n) is 3.85. The molecule has 0 bridgehead atoms. The number of aliphatic imine (C=N–C) groups is 2. The summed E-state index contributed by atoms with van der Waals surface area (Å²) in [5.41, 5.74) is 4.80. The first kappa shape index (κ1) is 22.6. The summed E-state index contributed by atoms with van der Waals surface area (Å²) < 4.78 is 0. The fraction of sp³-hybridized carbons (Fsp3) is 0.174. The second-order valence-corrected chi connectivity index (χ2v) is 5.84. The molecule has 1 heterocycles. The van der Waals surface area contributed by atoms with Crippen molar-refractivity contribution in [3.05, 3.63) is 72.3 Å². The lowest BCUT2D eigenvalue weighted by Gasteiger charge is -2.05. The van der Waals surface area contributed by atoms with Gasteiger partial charge in [-0.15, -0.1) is 0 Å². The quantitative estimate of drug-likeness (QED) is 0.492. The monoisotopic (exact) mass is 373 g/mol. The topological polar surface area (TPSA) is 63.4 Å². The Morgan fingerprint density at radius 1 is 0.786 bits per heavy atom. The van der Waals surface area contributed by atoms with Gasteiger partial charge in [-0.3, -0.25) is 0 Å². The van der Waals surface area contributed by atoms with Crippen LogP contribution in [-0.4, -0.2) is 27.4 Å². The van der Waals surface area contributed by atoms with E-state index in [-0.39, 0.29) is 20.8 Å². The summed E-state index contributed by atoms with van der Waals surface area (Å²) in [7, 11) is 0. The van der Waals surface area contributed by atoms with Crippen molar-refractivity contribution in [2.45, 2.75) is 28.7 Å². The molecule has 0 fully saturated rings. The molecule has 3 rings (SSSR count). The summed E-state index contributed by atoms with van der Waals surface area (Å²) in [5.74, 6) is 1.08. The van der Waals surface area contributed by atoms with E-state index in [1.165, 1.54) is 0 Å². The van der Waals surface area contributed by atoms with Gasteiger partial charge in [-0.05, 0) is 31.7 Å². The first-order chi connectivity index (χ1) is 12.6. The largest absolute Gasteiger partial charge is 0.255 e. The second-order valence-electron chi connectivity index (χ2n) is 5.84. The summed E-state index contributed by atoms with van der Waals surface area (Å²) >= 11 is 0. The predicted molar refractivity (Wildman–Crippen MR) is 121 cm³/mol. The van der Waals surface area contributed by atoms with Crippen LogP contribution < -0.4 is 0 Å². The molecule has 0 unspecified atom stereocenters. The van der Waals surface area contributed by atoms with Crippen molar-refractivity contribution in [1.29, 1.82) is 0 Å². The molecule has 28 heavy (non-hydrogen) atoms. The van der Waals surface area contributed by atoms with Gasteiger partial charge in [-0.25, -0.2) is 9.98 Å². The highest BCUT2D eigenvalue weighted by molar-refractivity contribution is 6.00. The SMILES string of the molecule is C.C.C=Nc1nc(N=C(C)c2ccc(C(=C)C)cc2)nc(-c2ccccc2)n1. The maximum absolute atomic E-state index is 4.54. The van der Waals surface area contributed by atoms with Crippen LogP contribution in [-0.2, 0) is 0 Å². The maximum atomic E-state index is 4.54. The summed E-state index contributed by atoms with van der Waals surface area (Å²) in [6.07, 6.45) is 0. The molecule has 144 valence electrons. The lowest BCUT2D eigenvalue weighted by atomic mass is 10.0. The highest BCUT2D eigenvalue weighted by Gasteiger charge is 2.08. The number of hydrogen-bond acceptors (Lipinski definition) is 5. The molecule has 5 heteroatoms. The summed E-state index contributed by atoms with van der Waals surface area (Å²) in [4.78, 5) is 21.4. The summed E-state index contributed by atoms with van der Waals surface area (Å²) in [5, 5.41) is 0. The Bertz CT molecular complexity index is 974. The van der Waals surface area contributed by atoms with E-state index in [9.17, 15) is 0 Å². The molecule has 0 saturated heterocycles. The van der Waals surface area contributed by atoms with Gasteiger partial charge in [0.2, 0.25) is 0 Å². The highest BCUT2D eigenvalue weighted by atomic mass is 15.2. The molecule has 0 amide bonds. The molecule has 3 aromatic rings. The van der Waals surface area contributed by atoms with Crippen LogP contribution in [0, 0.1) is 0 Å². The van der Waals surface area contributed by atoms with Crippen molar-refractivity contribution in [3.8, 4) is 11.4 Å². The van der Waals surface area contributed by atoms with Gasteiger partial charge in [-0.1, -0.05) is 81.6 Å². The minimum absolute atomic E-state index is 0. The Balaban J connectivity index is 0.00000196. The number of benzene rings is 2. The van der Waals surface area contributed by atoms with Crippen LogP contribution >= 0.6 is 0 Å². The first-order valence-electron chi connectivity index (χ1n) is 8.16. The van der Waals surface area contributed by atoms with Gasteiger partial charge in [0, 0.05) is 11.3 Å². The number of aromatic nitrogens is 3. The fourth-order valence-electron chi connectivity index (χ4n) is 2.40. The van der Waals surface area contributed by atoms with E-state index in [1.54, 1.807) is 0 Å². The van der Waals surface area contributed by atoms with E-state index in [2.05, 4.69) is 38.2 Å². The van der Waals surface area contributed by atoms with Gasteiger partial charge >= 0.3 is 0 Å². The molecular weight excluding hydrogens is 346 g/mol. The molecule has 0 N–H and O–H groups in total. The van der Waals surface area contributed by atoms with Crippen LogP contribution in [0.3, 0.4) is 0 Å². The van der Waals surface area contributed by atoms with Gasteiger partial charge in [0.05, 0.1) is 0 Å². The number of rotatable bonds is 5. The minimum atomic E-state index is 0. The van der Waals surface area contributed by atoms with Crippen LogP contribution in [0.25, 0.3) is 17.0 Å². The molecule has 0 saturated carbocycles. The van der Waals surface area contributed by atoms with Gasteiger partial charge < -0.3 is 0 Å². The Morgan fingerprint density at radius 2 is 1.36 bits per heavy atom. The number of hydrogen-bond donors (Lipinski definition) is 0. The van der Waals surface area contributed by atoms with E-state index in [1.807, 2.05) is 68.4 Å². The molecule has 2 aromatic carbocycles. The molecule has 0 aliphatic rings. The van der Waals surface area contributed by atoms with E-state index >= 15 is 0 Å². The Kier molecular flexibility index (Phi) is 8.07. The zero-order valence-electron chi connectivity index (χ0n) is 14.8. The Labute approximate surface area is 167 Å². The lowest BCUT2D eigenvalue weighted by Crippen LogP contribution is -1.97. The molecule has 0 aliphatic heterocycles. The zero-order valence-corrected chi connectivity index (χ0v) is 14.8. The van der Waals surface area contributed by atoms with Gasteiger partial charge in [-0.2, -0.15) is 15.0 Å². The third-order valence-corrected chi connectivity index (χ3v) is 3.85. The normalized spacial score (nSPS) is 10.4. The smallest absolute Gasteiger partial charge is 0.228 e. The van der Waals surface area contributed by atoms with Crippen molar-refractivity contribution < 1.29 is 0 Å². The lowest BCUT2D eigenvalue weighted by molar-refractivity contribution is 1.04. The van der Waals surface area contributed by atoms with E-state index in [0.29, 0.717) is 11.8 Å². The summed E-state index contributed by atoms with van der Waals surface area (Å²) in [6, 6.07) is 17.7. The van der Waals surface area contributed by atoms with Gasteiger partial charge in [0.25, 0.3) is 11.9 Å². The molecule has 0 spiro atoms. The molecule has 0 atom stereocenters. The number of nitrogens with zero attached hydrogens (tertiary/aromatic N) is 5. The van der Waals surface area contributed by atoms with E-state index in [4.69, 9.17) is 0 Å². The maximum Gasteiger partial charge on any atom is 0.255 e. The van der Waals surface area contributed by atoms with Gasteiger partial charge in [0.15, 0.2) is 5.82 Å². The first-order valence-corrected chi connectivity index (χ1v) is 8.16. The minimum Gasteiger partial charge on any atom is -0.228 e. The average molecular weight is 374 g/mol. The van der Waals surface area contributed by atoms with Gasteiger partial charge in [0.1, 0.15) is 0 Å².